The fourth-order valence-corrected chi connectivity index (χ4v) is 5.03. The van der Waals surface area contributed by atoms with Crippen molar-refractivity contribution in [2.24, 2.45) is 16.6 Å². The monoisotopic (exact) mass is 379 g/mol. The fraction of sp³-hybridized carbons (Fsp3) is 0.444. The van der Waals surface area contributed by atoms with E-state index >= 15 is 0 Å². The molecule has 2 aliphatic heterocycles. The Hall–Kier alpha value is -1.93. The molecular formula is C18H19F2N3O2S. The van der Waals surface area contributed by atoms with Crippen molar-refractivity contribution in [3.63, 3.8) is 0 Å². The summed E-state index contributed by atoms with van der Waals surface area (Å²) in [7, 11) is 0. The van der Waals surface area contributed by atoms with Gasteiger partial charge in [0, 0.05) is 28.9 Å². The minimum atomic E-state index is -0.974. The third-order valence-corrected chi connectivity index (χ3v) is 6.16. The lowest BCUT2D eigenvalue weighted by Crippen LogP contribution is -2.51. The molecule has 4 atom stereocenters. The second kappa shape index (κ2) is 6.35. The molecule has 2 aliphatic rings. The zero-order chi connectivity index (χ0) is 18.5. The first-order valence-electron chi connectivity index (χ1n) is 8.41. The molecule has 2 N–H and O–H groups in total. The van der Waals surface area contributed by atoms with Gasteiger partial charge in [0.05, 0.1) is 12.3 Å². The summed E-state index contributed by atoms with van der Waals surface area (Å²) < 4.78 is 39.4. The van der Waals surface area contributed by atoms with Gasteiger partial charge in [-0.25, -0.2) is 13.8 Å². The fourth-order valence-electron chi connectivity index (χ4n) is 3.93. The summed E-state index contributed by atoms with van der Waals surface area (Å²) in [5.74, 6) is -0.663. The Morgan fingerprint density at radius 1 is 1.31 bits per heavy atom. The molecule has 1 fully saturated rings. The number of nitrogens with zero attached hydrogens (tertiary/aromatic N) is 2. The Morgan fingerprint density at radius 3 is 2.81 bits per heavy atom. The van der Waals surface area contributed by atoms with Gasteiger partial charge in [-0.1, -0.05) is 29.9 Å². The van der Waals surface area contributed by atoms with Gasteiger partial charge < -0.3 is 15.0 Å². The maximum absolute atomic E-state index is 14.6. The van der Waals surface area contributed by atoms with Crippen LogP contribution in [-0.2, 0) is 10.3 Å². The van der Waals surface area contributed by atoms with Crippen molar-refractivity contribution < 1.29 is 18.0 Å². The molecule has 1 aromatic heterocycles. The van der Waals surface area contributed by atoms with Crippen molar-refractivity contribution in [3.8, 4) is 0 Å². The molecule has 4 rings (SSSR count). The molecule has 0 spiro atoms. The highest BCUT2D eigenvalue weighted by Gasteiger charge is 2.52. The molecule has 8 heteroatoms. The van der Waals surface area contributed by atoms with Crippen LogP contribution in [0.1, 0.15) is 36.5 Å². The number of halogens is 2. The standard InChI is InChI=1S/C18H19F2N3O2S/c1-9-5-16(25-23-9)15-7-13-10(2)26-17(21)22-18(13,8-24-15)12-4-3-11(19)6-14(12)20/h3-6,10,13,15H,7-8H2,1-2H3,(H2,21,22)/t10-,13+,15?,18-/m1/s1. The Kier molecular flexibility index (Phi) is 4.27. The second-order valence-corrected chi connectivity index (χ2v) is 8.23. The highest BCUT2D eigenvalue weighted by Crippen LogP contribution is 2.52. The lowest BCUT2D eigenvalue weighted by Gasteiger charge is -2.48. The molecule has 3 heterocycles. The van der Waals surface area contributed by atoms with Gasteiger partial charge in [-0.2, -0.15) is 0 Å². The van der Waals surface area contributed by atoms with Gasteiger partial charge in [0.2, 0.25) is 0 Å². The molecule has 0 amide bonds. The van der Waals surface area contributed by atoms with Crippen LogP contribution < -0.4 is 5.73 Å². The maximum Gasteiger partial charge on any atom is 0.165 e. The Morgan fingerprint density at radius 2 is 2.12 bits per heavy atom. The van der Waals surface area contributed by atoms with Gasteiger partial charge >= 0.3 is 0 Å². The van der Waals surface area contributed by atoms with E-state index in [0.717, 1.165) is 11.8 Å². The number of rotatable bonds is 2. The summed E-state index contributed by atoms with van der Waals surface area (Å²) in [6, 6.07) is 5.41. The van der Waals surface area contributed by atoms with Crippen LogP contribution >= 0.6 is 11.8 Å². The number of aryl methyl sites for hydroxylation is 1. The summed E-state index contributed by atoms with van der Waals surface area (Å²) in [5.41, 5.74) is 6.13. The van der Waals surface area contributed by atoms with E-state index in [2.05, 4.69) is 10.1 Å². The molecular weight excluding hydrogens is 360 g/mol. The maximum atomic E-state index is 14.6. The number of hydrogen-bond donors (Lipinski definition) is 1. The Bertz CT molecular complexity index is 872. The Balaban J connectivity index is 1.77. The molecule has 1 aromatic carbocycles. The van der Waals surface area contributed by atoms with Gasteiger partial charge in [-0.15, -0.1) is 0 Å². The van der Waals surface area contributed by atoms with E-state index in [1.165, 1.54) is 23.9 Å². The zero-order valence-electron chi connectivity index (χ0n) is 14.4. The lowest BCUT2D eigenvalue weighted by molar-refractivity contribution is -0.0744. The molecule has 0 radical (unpaired) electrons. The van der Waals surface area contributed by atoms with Gasteiger partial charge in [-0.3, -0.25) is 0 Å². The molecule has 26 heavy (non-hydrogen) atoms. The highest BCUT2D eigenvalue weighted by atomic mass is 32.2. The smallest absolute Gasteiger partial charge is 0.165 e. The average molecular weight is 379 g/mol. The van der Waals surface area contributed by atoms with Crippen LogP contribution in [0.5, 0.6) is 0 Å². The quantitative estimate of drug-likeness (QED) is 0.862. The first-order valence-corrected chi connectivity index (χ1v) is 9.29. The van der Waals surface area contributed by atoms with E-state index in [-0.39, 0.29) is 23.9 Å². The van der Waals surface area contributed by atoms with E-state index in [4.69, 9.17) is 15.0 Å². The van der Waals surface area contributed by atoms with Gasteiger partial charge in [0.15, 0.2) is 10.9 Å². The summed E-state index contributed by atoms with van der Waals surface area (Å²) >= 11 is 1.46. The summed E-state index contributed by atoms with van der Waals surface area (Å²) in [6.07, 6.45) is 0.298. The van der Waals surface area contributed by atoms with Crippen molar-refractivity contribution in [3.05, 3.63) is 52.9 Å². The molecule has 5 nitrogen and oxygen atoms in total. The number of fused-ring (bicyclic) bond motifs is 1. The van der Waals surface area contributed by atoms with Crippen LogP contribution in [0.3, 0.4) is 0 Å². The van der Waals surface area contributed by atoms with Crippen molar-refractivity contribution >= 4 is 16.9 Å². The molecule has 0 aliphatic carbocycles. The van der Waals surface area contributed by atoms with Crippen LogP contribution in [0.2, 0.25) is 0 Å². The first-order chi connectivity index (χ1) is 12.4. The van der Waals surface area contributed by atoms with Crippen LogP contribution in [0.25, 0.3) is 0 Å². The van der Waals surface area contributed by atoms with Crippen LogP contribution in [0.15, 0.2) is 33.8 Å². The lowest BCUT2D eigenvalue weighted by atomic mass is 9.72. The van der Waals surface area contributed by atoms with Crippen LogP contribution in [0.4, 0.5) is 8.78 Å². The number of nitrogens with two attached hydrogens (primary N) is 1. The summed E-state index contributed by atoms with van der Waals surface area (Å²) in [4.78, 5) is 4.60. The minimum Gasteiger partial charge on any atom is -0.379 e. The van der Waals surface area contributed by atoms with Gasteiger partial charge in [-0.05, 0) is 19.4 Å². The molecule has 138 valence electrons. The van der Waals surface area contributed by atoms with E-state index < -0.39 is 17.2 Å². The topological polar surface area (TPSA) is 73.6 Å². The molecule has 1 saturated heterocycles. The van der Waals surface area contributed by atoms with E-state index in [0.29, 0.717) is 22.9 Å². The van der Waals surface area contributed by atoms with Crippen molar-refractivity contribution in [1.82, 2.24) is 5.16 Å². The third kappa shape index (κ3) is 2.81. The van der Waals surface area contributed by atoms with E-state index in [1.54, 1.807) is 0 Å². The predicted octanol–water partition coefficient (Wildman–Crippen LogP) is 3.68. The van der Waals surface area contributed by atoms with Crippen molar-refractivity contribution in [2.75, 3.05) is 6.61 Å². The number of aliphatic imine (C=N–C) groups is 1. The summed E-state index contributed by atoms with van der Waals surface area (Å²) in [6.45, 7) is 4.02. The Labute approximate surface area is 154 Å². The average Bonchev–Trinajstić information content (AvgIpc) is 3.00. The molecule has 0 saturated carbocycles. The van der Waals surface area contributed by atoms with Crippen LogP contribution in [0, 0.1) is 24.5 Å². The number of thioether (sulfide) groups is 1. The van der Waals surface area contributed by atoms with Gasteiger partial charge in [0.1, 0.15) is 23.3 Å². The largest absolute Gasteiger partial charge is 0.379 e. The zero-order valence-corrected chi connectivity index (χ0v) is 15.2. The third-order valence-electron chi connectivity index (χ3n) is 5.13. The summed E-state index contributed by atoms with van der Waals surface area (Å²) in [5, 5.41) is 4.39. The van der Waals surface area contributed by atoms with Crippen molar-refractivity contribution in [2.45, 2.75) is 37.2 Å². The number of benzene rings is 1. The number of ether oxygens (including phenoxy) is 1. The number of aromatic nitrogens is 1. The molecule has 2 aromatic rings. The van der Waals surface area contributed by atoms with E-state index in [1.807, 2.05) is 19.9 Å². The van der Waals surface area contributed by atoms with Gasteiger partial charge in [0.25, 0.3) is 0 Å². The first kappa shape index (κ1) is 17.5. The SMILES string of the molecule is Cc1cc(C2C[C@H]3[C@@H](C)SC(N)=N[C@@]3(c3ccc(F)cc3F)CO2)on1. The predicted molar refractivity (Wildman–Crippen MR) is 94.8 cm³/mol. The normalized spacial score (nSPS) is 31.4. The molecule has 1 unspecified atom stereocenters. The highest BCUT2D eigenvalue weighted by molar-refractivity contribution is 8.14. The number of amidine groups is 1. The minimum absolute atomic E-state index is 0.0519. The van der Waals surface area contributed by atoms with Crippen molar-refractivity contribution in [1.29, 1.82) is 0 Å². The second-order valence-electron chi connectivity index (χ2n) is 6.83. The van der Waals surface area contributed by atoms with E-state index in [9.17, 15) is 8.78 Å². The molecule has 0 bridgehead atoms. The number of hydrogen-bond acceptors (Lipinski definition) is 6. The van der Waals surface area contributed by atoms with Crippen LogP contribution in [-0.4, -0.2) is 22.2 Å².